The second kappa shape index (κ2) is 5.94. The molecule has 2 aromatic heterocycles. The van der Waals surface area contributed by atoms with Crippen LogP contribution in [0.1, 0.15) is 29.8 Å². The molecule has 0 aliphatic carbocycles. The maximum atomic E-state index is 4.37. The Balaban J connectivity index is 2.13. The summed E-state index contributed by atoms with van der Waals surface area (Å²) in [6.45, 7) is 5.13. The average molecular weight is 246 g/mol. The normalized spacial score (nSPS) is 12.6. The van der Waals surface area contributed by atoms with Gasteiger partial charge in [-0.1, -0.05) is 13.0 Å². The van der Waals surface area contributed by atoms with Crippen LogP contribution in [0.3, 0.4) is 0 Å². The molecule has 3 heteroatoms. The molecule has 1 atom stereocenters. The predicted octanol–water partition coefficient (Wildman–Crippen LogP) is 3.34. The highest BCUT2D eigenvalue weighted by Gasteiger charge is 2.11. The van der Waals surface area contributed by atoms with Gasteiger partial charge in [0.15, 0.2) is 0 Å². The van der Waals surface area contributed by atoms with Crippen LogP contribution in [0.2, 0.25) is 0 Å². The molecule has 0 aliphatic rings. The number of thiophene rings is 1. The summed E-state index contributed by atoms with van der Waals surface area (Å²) >= 11 is 1.75. The molecule has 0 saturated heterocycles. The van der Waals surface area contributed by atoms with Crippen LogP contribution in [0.4, 0.5) is 0 Å². The zero-order valence-electron chi connectivity index (χ0n) is 10.3. The molecule has 0 aromatic carbocycles. The number of hydrogen-bond acceptors (Lipinski definition) is 3. The maximum absolute atomic E-state index is 4.37. The molecule has 0 fully saturated rings. The van der Waals surface area contributed by atoms with Crippen molar-refractivity contribution in [3.8, 4) is 0 Å². The van der Waals surface area contributed by atoms with Gasteiger partial charge in [0.05, 0.1) is 0 Å². The Bertz CT molecular complexity index is 434. The van der Waals surface area contributed by atoms with Crippen molar-refractivity contribution in [2.24, 2.45) is 0 Å². The fourth-order valence-electron chi connectivity index (χ4n) is 1.88. The summed E-state index contributed by atoms with van der Waals surface area (Å²) in [6.07, 6.45) is 3.01. The lowest BCUT2D eigenvalue weighted by atomic mass is 10.0. The van der Waals surface area contributed by atoms with E-state index in [-0.39, 0.29) is 0 Å². The summed E-state index contributed by atoms with van der Waals surface area (Å²) in [7, 11) is 0. The summed E-state index contributed by atoms with van der Waals surface area (Å²) in [6, 6.07) is 6.80. The molecular weight excluding hydrogens is 228 g/mol. The Morgan fingerprint density at radius 2 is 2.24 bits per heavy atom. The summed E-state index contributed by atoms with van der Waals surface area (Å²) < 4.78 is 0. The molecule has 2 heterocycles. The topological polar surface area (TPSA) is 24.9 Å². The van der Waals surface area contributed by atoms with E-state index >= 15 is 0 Å². The fraction of sp³-hybridized carbons (Fsp3) is 0.357. The molecule has 2 nitrogen and oxygen atoms in total. The van der Waals surface area contributed by atoms with Gasteiger partial charge in [-0.3, -0.25) is 4.98 Å². The van der Waals surface area contributed by atoms with E-state index in [0.29, 0.717) is 6.04 Å². The van der Waals surface area contributed by atoms with E-state index in [0.717, 1.165) is 18.7 Å². The lowest BCUT2D eigenvalue weighted by Gasteiger charge is -2.17. The highest BCUT2D eigenvalue weighted by molar-refractivity contribution is 7.07. The van der Waals surface area contributed by atoms with Crippen LogP contribution in [0.15, 0.2) is 35.2 Å². The molecule has 90 valence electrons. The molecule has 1 unspecified atom stereocenters. The average Bonchev–Trinajstić information content (AvgIpc) is 2.82. The Hall–Kier alpha value is -1.19. The van der Waals surface area contributed by atoms with Crippen LogP contribution >= 0.6 is 11.3 Å². The van der Waals surface area contributed by atoms with E-state index < -0.39 is 0 Å². The van der Waals surface area contributed by atoms with E-state index in [4.69, 9.17) is 0 Å². The van der Waals surface area contributed by atoms with Gasteiger partial charge in [0.25, 0.3) is 0 Å². The molecular formula is C14H18N2S. The number of rotatable bonds is 5. The Labute approximate surface area is 107 Å². The first kappa shape index (κ1) is 12.3. The van der Waals surface area contributed by atoms with Gasteiger partial charge in [-0.15, -0.1) is 0 Å². The highest BCUT2D eigenvalue weighted by Crippen LogP contribution is 2.19. The molecule has 1 N–H and O–H groups in total. The SMILES string of the molecule is CCNC(Cc1ccsc1)c1ccc(C)nc1. The van der Waals surface area contributed by atoms with Gasteiger partial charge in [-0.2, -0.15) is 11.3 Å². The predicted molar refractivity (Wildman–Crippen MR) is 73.4 cm³/mol. The molecule has 2 aromatic rings. The molecule has 0 bridgehead atoms. The van der Waals surface area contributed by atoms with Gasteiger partial charge in [0.2, 0.25) is 0 Å². The smallest absolute Gasteiger partial charge is 0.0376 e. The van der Waals surface area contributed by atoms with Crippen LogP contribution in [0.5, 0.6) is 0 Å². The van der Waals surface area contributed by atoms with E-state index in [1.165, 1.54) is 11.1 Å². The highest BCUT2D eigenvalue weighted by atomic mass is 32.1. The number of pyridine rings is 1. The zero-order chi connectivity index (χ0) is 12.1. The quantitative estimate of drug-likeness (QED) is 0.875. The minimum Gasteiger partial charge on any atom is -0.310 e. The minimum atomic E-state index is 0.364. The third kappa shape index (κ3) is 3.38. The zero-order valence-corrected chi connectivity index (χ0v) is 11.1. The van der Waals surface area contributed by atoms with Crippen molar-refractivity contribution in [1.29, 1.82) is 0 Å². The van der Waals surface area contributed by atoms with Gasteiger partial charge in [-0.25, -0.2) is 0 Å². The molecule has 2 rings (SSSR count). The van der Waals surface area contributed by atoms with E-state index in [9.17, 15) is 0 Å². The van der Waals surface area contributed by atoms with Gasteiger partial charge in [0.1, 0.15) is 0 Å². The van der Waals surface area contributed by atoms with Crippen molar-refractivity contribution in [2.45, 2.75) is 26.3 Å². The Morgan fingerprint density at radius 3 is 2.82 bits per heavy atom. The number of aryl methyl sites for hydroxylation is 1. The van der Waals surface area contributed by atoms with Crippen LogP contribution < -0.4 is 5.32 Å². The number of nitrogens with one attached hydrogen (secondary N) is 1. The van der Waals surface area contributed by atoms with Gasteiger partial charge in [0, 0.05) is 17.9 Å². The largest absolute Gasteiger partial charge is 0.310 e. The lowest BCUT2D eigenvalue weighted by molar-refractivity contribution is 0.548. The minimum absolute atomic E-state index is 0.364. The monoisotopic (exact) mass is 246 g/mol. The molecule has 0 radical (unpaired) electrons. The number of likely N-dealkylation sites (N-methyl/N-ethyl adjacent to an activating group) is 1. The van der Waals surface area contributed by atoms with Gasteiger partial charge >= 0.3 is 0 Å². The maximum Gasteiger partial charge on any atom is 0.0376 e. The molecule has 0 saturated carbocycles. The van der Waals surface area contributed by atoms with Crippen LogP contribution in [-0.4, -0.2) is 11.5 Å². The number of nitrogens with zero attached hydrogens (tertiary/aromatic N) is 1. The van der Waals surface area contributed by atoms with Crippen LogP contribution in [-0.2, 0) is 6.42 Å². The van der Waals surface area contributed by atoms with Crippen molar-refractivity contribution in [1.82, 2.24) is 10.3 Å². The Morgan fingerprint density at radius 1 is 1.35 bits per heavy atom. The van der Waals surface area contributed by atoms with E-state index in [2.05, 4.69) is 46.2 Å². The van der Waals surface area contributed by atoms with Gasteiger partial charge < -0.3 is 5.32 Å². The summed E-state index contributed by atoms with van der Waals surface area (Å²) in [4.78, 5) is 4.37. The molecule has 0 aliphatic heterocycles. The third-order valence-electron chi connectivity index (χ3n) is 2.81. The molecule has 0 amide bonds. The summed E-state index contributed by atoms with van der Waals surface area (Å²) in [5.74, 6) is 0. The van der Waals surface area contributed by atoms with Crippen LogP contribution in [0.25, 0.3) is 0 Å². The summed E-state index contributed by atoms with van der Waals surface area (Å²) in [5, 5.41) is 7.87. The fourth-order valence-corrected chi connectivity index (χ4v) is 2.57. The molecule has 0 spiro atoms. The van der Waals surface area contributed by atoms with Crippen molar-refractivity contribution in [2.75, 3.05) is 6.54 Å². The Kier molecular flexibility index (Phi) is 4.29. The second-order valence-corrected chi connectivity index (χ2v) is 4.96. The van der Waals surface area contributed by atoms with Gasteiger partial charge in [-0.05, 0) is 53.9 Å². The lowest BCUT2D eigenvalue weighted by Crippen LogP contribution is -2.22. The molecule has 17 heavy (non-hydrogen) atoms. The van der Waals surface area contributed by atoms with E-state index in [1.807, 2.05) is 13.1 Å². The first-order valence-corrected chi connectivity index (χ1v) is 6.91. The number of aromatic nitrogens is 1. The number of hydrogen-bond donors (Lipinski definition) is 1. The third-order valence-corrected chi connectivity index (χ3v) is 3.54. The van der Waals surface area contributed by atoms with Crippen molar-refractivity contribution >= 4 is 11.3 Å². The van der Waals surface area contributed by atoms with Crippen molar-refractivity contribution in [3.63, 3.8) is 0 Å². The first-order valence-electron chi connectivity index (χ1n) is 5.96. The van der Waals surface area contributed by atoms with Crippen molar-refractivity contribution < 1.29 is 0 Å². The second-order valence-electron chi connectivity index (χ2n) is 4.18. The van der Waals surface area contributed by atoms with E-state index in [1.54, 1.807) is 11.3 Å². The standard InChI is InChI=1S/C14H18N2S/c1-3-15-14(8-12-6-7-17-10-12)13-5-4-11(2)16-9-13/h4-7,9-10,14-15H,3,8H2,1-2H3. The van der Waals surface area contributed by atoms with Crippen molar-refractivity contribution in [3.05, 3.63) is 52.0 Å². The first-order chi connectivity index (χ1) is 8.29. The summed E-state index contributed by atoms with van der Waals surface area (Å²) in [5.41, 5.74) is 3.73. The van der Waals surface area contributed by atoms with Crippen LogP contribution in [0, 0.1) is 6.92 Å².